The van der Waals surface area contributed by atoms with Gasteiger partial charge in [0.05, 0.1) is 5.92 Å². The lowest BCUT2D eigenvalue weighted by molar-refractivity contribution is -0.145. The summed E-state index contributed by atoms with van der Waals surface area (Å²) in [6.45, 7) is 0. The molecule has 1 aromatic carbocycles. The smallest absolute Gasteiger partial charge is 0.324 e. The first-order valence-corrected chi connectivity index (χ1v) is 6.77. The lowest BCUT2D eigenvalue weighted by atomic mass is 9.86. The zero-order chi connectivity index (χ0) is 18.4. The molecular formula is C14H12F5NO4. The molecule has 0 aromatic heterocycles. The first-order chi connectivity index (χ1) is 11.0. The Kier molecular flexibility index (Phi) is 4.53. The molecule has 0 aliphatic heterocycles. The van der Waals surface area contributed by atoms with E-state index in [0.29, 0.717) is 0 Å². The predicted molar refractivity (Wildman–Crippen MR) is 68.3 cm³/mol. The number of halogens is 5. The normalized spacial score (nSPS) is 22.1. The molecule has 1 aromatic rings. The van der Waals surface area contributed by atoms with Crippen molar-refractivity contribution in [1.82, 2.24) is 0 Å². The third kappa shape index (κ3) is 2.81. The second kappa shape index (κ2) is 6.00. The summed E-state index contributed by atoms with van der Waals surface area (Å²) < 4.78 is 66.4. The Morgan fingerprint density at radius 3 is 1.83 bits per heavy atom. The Morgan fingerprint density at radius 2 is 1.46 bits per heavy atom. The maximum absolute atomic E-state index is 13.6. The summed E-state index contributed by atoms with van der Waals surface area (Å²) in [5, 5.41) is 18.0. The van der Waals surface area contributed by atoms with Crippen molar-refractivity contribution in [3.05, 3.63) is 34.6 Å². The molecule has 0 bridgehead atoms. The van der Waals surface area contributed by atoms with Gasteiger partial charge in [0.15, 0.2) is 23.3 Å². The Morgan fingerprint density at radius 1 is 1.00 bits per heavy atom. The predicted octanol–water partition coefficient (Wildman–Crippen LogP) is 1.82. The van der Waals surface area contributed by atoms with Crippen LogP contribution in [0.3, 0.4) is 0 Å². The van der Waals surface area contributed by atoms with Crippen molar-refractivity contribution in [2.75, 3.05) is 0 Å². The minimum Gasteiger partial charge on any atom is -0.481 e. The van der Waals surface area contributed by atoms with Crippen LogP contribution < -0.4 is 5.73 Å². The number of benzene rings is 1. The molecule has 132 valence electrons. The highest BCUT2D eigenvalue weighted by Crippen LogP contribution is 2.47. The average molecular weight is 353 g/mol. The van der Waals surface area contributed by atoms with Crippen molar-refractivity contribution in [2.24, 2.45) is 17.6 Å². The molecular weight excluding hydrogens is 341 g/mol. The molecule has 1 aliphatic rings. The molecule has 1 aliphatic carbocycles. The fraction of sp³-hybridized carbons (Fsp3) is 0.429. The highest BCUT2D eigenvalue weighted by molar-refractivity contribution is 5.83. The average Bonchev–Trinajstić information content (AvgIpc) is 3.31. The Balaban J connectivity index is 2.29. The molecule has 4 N–H and O–H groups in total. The number of hydrogen-bond donors (Lipinski definition) is 3. The number of hydrogen-bond acceptors (Lipinski definition) is 3. The Bertz CT molecular complexity index is 697. The first-order valence-electron chi connectivity index (χ1n) is 6.77. The van der Waals surface area contributed by atoms with Crippen LogP contribution in [0.1, 0.15) is 18.4 Å². The molecule has 10 heteroatoms. The second-order valence-corrected chi connectivity index (χ2v) is 5.68. The summed E-state index contributed by atoms with van der Waals surface area (Å²) in [6, 6.07) is 0. The molecule has 0 saturated heterocycles. The quantitative estimate of drug-likeness (QED) is 0.411. The van der Waals surface area contributed by atoms with E-state index in [1.165, 1.54) is 0 Å². The number of carboxylic acid groups (broad SMARTS) is 2. The van der Waals surface area contributed by atoms with E-state index in [1.54, 1.807) is 0 Å². The minimum absolute atomic E-state index is 0.0464. The first kappa shape index (κ1) is 18.1. The third-order valence-corrected chi connectivity index (χ3v) is 4.26. The zero-order valence-electron chi connectivity index (χ0n) is 12.0. The number of aliphatic carboxylic acids is 2. The molecule has 0 amide bonds. The van der Waals surface area contributed by atoms with Crippen LogP contribution in [0.2, 0.25) is 0 Å². The van der Waals surface area contributed by atoms with E-state index in [-0.39, 0.29) is 6.42 Å². The highest BCUT2D eigenvalue weighted by atomic mass is 19.2. The van der Waals surface area contributed by atoms with Gasteiger partial charge in [0.1, 0.15) is 5.54 Å². The summed E-state index contributed by atoms with van der Waals surface area (Å²) in [6.07, 6.45) is -1.58. The van der Waals surface area contributed by atoms with Gasteiger partial charge >= 0.3 is 11.9 Å². The maximum Gasteiger partial charge on any atom is 0.324 e. The van der Waals surface area contributed by atoms with Crippen molar-refractivity contribution in [3.8, 4) is 0 Å². The summed E-state index contributed by atoms with van der Waals surface area (Å²) in [4.78, 5) is 22.2. The highest BCUT2D eigenvalue weighted by Gasteiger charge is 2.58. The molecule has 1 unspecified atom stereocenters. The largest absolute Gasteiger partial charge is 0.481 e. The van der Waals surface area contributed by atoms with E-state index in [4.69, 9.17) is 10.8 Å². The molecule has 1 saturated carbocycles. The van der Waals surface area contributed by atoms with Gasteiger partial charge in [-0.05, 0) is 19.3 Å². The maximum atomic E-state index is 13.6. The molecule has 24 heavy (non-hydrogen) atoms. The lowest BCUT2D eigenvalue weighted by Gasteiger charge is -2.25. The van der Waals surface area contributed by atoms with Gasteiger partial charge in [-0.15, -0.1) is 0 Å². The number of rotatable bonds is 6. The summed E-state index contributed by atoms with van der Waals surface area (Å²) in [5.74, 6) is -15.6. The molecule has 0 heterocycles. The van der Waals surface area contributed by atoms with Crippen LogP contribution in [0.15, 0.2) is 0 Å². The minimum atomic E-state index is -2.32. The molecule has 2 rings (SSSR count). The summed E-state index contributed by atoms with van der Waals surface area (Å²) >= 11 is 0. The van der Waals surface area contributed by atoms with Crippen LogP contribution in [0.5, 0.6) is 0 Å². The molecule has 1 fully saturated rings. The lowest BCUT2D eigenvalue weighted by Crippen LogP contribution is -2.51. The fourth-order valence-corrected chi connectivity index (χ4v) is 2.69. The van der Waals surface area contributed by atoms with E-state index in [9.17, 15) is 36.6 Å². The van der Waals surface area contributed by atoms with Crippen LogP contribution >= 0.6 is 0 Å². The summed E-state index contributed by atoms with van der Waals surface area (Å²) in [5.41, 5.74) is 2.32. The van der Waals surface area contributed by atoms with Crippen molar-refractivity contribution < 1.29 is 41.8 Å². The van der Waals surface area contributed by atoms with Crippen molar-refractivity contribution in [3.63, 3.8) is 0 Å². The van der Waals surface area contributed by atoms with Crippen molar-refractivity contribution in [2.45, 2.75) is 24.8 Å². The molecule has 0 radical (unpaired) electrons. The van der Waals surface area contributed by atoms with Crippen LogP contribution in [-0.4, -0.2) is 27.7 Å². The zero-order valence-corrected chi connectivity index (χ0v) is 12.0. The molecule has 0 spiro atoms. The van der Waals surface area contributed by atoms with Gasteiger partial charge in [-0.25, -0.2) is 22.0 Å². The number of carbonyl (C=O) groups is 2. The molecule has 3 atom stereocenters. The van der Waals surface area contributed by atoms with Crippen molar-refractivity contribution in [1.29, 1.82) is 0 Å². The van der Waals surface area contributed by atoms with Crippen LogP contribution in [0, 0.1) is 40.9 Å². The van der Waals surface area contributed by atoms with Gasteiger partial charge < -0.3 is 15.9 Å². The van der Waals surface area contributed by atoms with E-state index < -0.39 is 76.8 Å². The van der Waals surface area contributed by atoms with Crippen LogP contribution in [0.4, 0.5) is 22.0 Å². The van der Waals surface area contributed by atoms with E-state index in [0.717, 1.165) is 0 Å². The van der Waals surface area contributed by atoms with Gasteiger partial charge in [-0.1, -0.05) is 0 Å². The van der Waals surface area contributed by atoms with E-state index >= 15 is 0 Å². The van der Waals surface area contributed by atoms with Gasteiger partial charge in [0, 0.05) is 11.5 Å². The van der Waals surface area contributed by atoms with Gasteiger partial charge in [-0.2, -0.15) is 0 Å². The standard InChI is InChI=1S/C14H12F5NO4/c15-7-4(8(16)10(18)11(19)9(7)17)1-2-14(20,13(23)24)6-3-5(6)12(21)22/h5-6H,1-3,20H2,(H,21,22)(H,23,24)/t5-,6?,14+/m0/s1. The topological polar surface area (TPSA) is 101 Å². The van der Waals surface area contributed by atoms with Gasteiger partial charge in [0.25, 0.3) is 0 Å². The Hall–Kier alpha value is -2.23. The van der Waals surface area contributed by atoms with Gasteiger partial charge in [-0.3, -0.25) is 9.59 Å². The SMILES string of the molecule is N[C@@](CCc1c(F)c(F)c(F)c(F)c1F)(C(=O)O)C1C[C@@H]1C(=O)O. The molecule has 5 nitrogen and oxygen atoms in total. The van der Waals surface area contributed by atoms with Crippen molar-refractivity contribution >= 4 is 11.9 Å². The third-order valence-electron chi connectivity index (χ3n) is 4.26. The Labute approximate surface area is 131 Å². The second-order valence-electron chi connectivity index (χ2n) is 5.68. The van der Waals surface area contributed by atoms with Crippen LogP contribution in [0.25, 0.3) is 0 Å². The van der Waals surface area contributed by atoms with Gasteiger partial charge in [0.2, 0.25) is 5.82 Å². The van der Waals surface area contributed by atoms with E-state index in [1.807, 2.05) is 0 Å². The van der Waals surface area contributed by atoms with E-state index in [2.05, 4.69) is 0 Å². The monoisotopic (exact) mass is 353 g/mol. The number of nitrogens with two attached hydrogens (primary N) is 1. The number of carboxylic acids is 2. The van der Waals surface area contributed by atoms with Crippen LogP contribution in [-0.2, 0) is 16.0 Å². The summed E-state index contributed by atoms with van der Waals surface area (Å²) in [7, 11) is 0. The fourth-order valence-electron chi connectivity index (χ4n) is 2.69.